The van der Waals surface area contributed by atoms with Crippen LogP contribution in [-0.4, -0.2) is 31.8 Å². The van der Waals surface area contributed by atoms with E-state index in [4.69, 9.17) is 11.6 Å². The Morgan fingerprint density at radius 3 is 2.40 bits per heavy atom. The van der Waals surface area contributed by atoms with Crippen LogP contribution in [0, 0.1) is 0 Å². The maximum atomic E-state index is 13.0. The van der Waals surface area contributed by atoms with Crippen LogP contribution in [0.3, 0.4) is 0 Å². The number of ketones is 1. The zero-order valence-electron chi connectivity index (χ0n) is 15.7. The summed E-state index contributed by atoms with van der Waals surface area (Å²) in [6.45, 7) is 0.158. The second-order valence-corrected chi connectivity index (χ2v) is 7.32. The molecule has 0 saturated carbocycles. The van der Waals surface area contributed by atoms with E-state index < -0.39 is 17.7 Å². The third kappa shape index (κ3) is 3.65. The van der Waals surface area contributed by atoms with Crippen molar-refractivity contribution in [1.29, 1.82) is 0 Å². The van der Waals surface area contributed by atoms with Gasteiger partial charge in [0.2, 0.25) is 0 Å². The van der Waals surface area contributed by atoms with Crippen LogP contribution in [0.4, 0.5) is 0 Å². The Balaban J connectivity index is 1.87. The van der Waals surface area contributed by atoms with Crippen LogP contribution in [0.5, 0.6) is 5.75 Å². The summed E-state index contributed by atoms with van der Waals surface area (Å²) in [7, 11) is 0. The number of hydrogen-bond donors (Lipinski definition) is 2. The van der Waals surface area contributed by atoms with E-state index in [0.29, 0.717) is 16.1 Å². The fourth-order valence-electron chi connectivity index (χ4n) is 3.52. The summed E-state index contributed by atoms with van der Waals surface area (Å²) in [6.07, 6.45) is 3.21. The third-order valence-corrected chi connectivity index (χ3v) is 5.18. The molecule has 2 heterocycles. The van der Waals surface area contributed by atoms with E-state index in [1.807, 2.05) is 0 Å². The number of likely N-dealkylation sites (tertiary alicyclic amines) is 1. The van der Waals surface area contributed by atoms with Gasteiger partial charge in [0.1, 0.15) is 11.5 Å². The maximum absolute atomic E-state index is 13.0. The van der Waals surface area contributed by atoms with Crippen LogP contribution in [0.1, 0.15) is 22.7 Å². The molecule has 1 saturated heterocycles. The number of aromatic hydroxyl groups is 1. The van der Waals surface area contributed by atoms with Gasteiger partial charge in [0.25, 0.3) is 11.7 Å². The molecule has 1 aromatic heterocycles. The van der Waals surface area contributed by atoms with Crippen LogP contribution >= 0.6 is 11.6 Å². The number of benzene rings is 2. The van der Waals surface area contributed by atoms with Crippen molar-refractivity contribution in [2.45, 2.75) is 12.6 Å². The van der Waals surface area contributed by atoms with Gasteiger partial charge in [-0.1, -0.05) is 35.9 Å². The van der Waals surface area contributed by atoms with E-state index in [9.17, 15) is 19.8 Å². The van der Waals surface area contributed by atoms with Crippen LogP contribution in [-0.2, 0) is 16.1 Å². The minimum atomic E-state index is -0.822. The number of halogens is 1. The lowest BCUT2D eigenvalue weighted by Gasteiger charge is -2.25. The van der Waals surface area contributed by atoms with Gasteiger partial charge in [-0.2, -0.15) is 0 Å². The lowest BCUT2D eigenvalue weighted by molar-refractivity contribution is -0.140. The summed E-state index contributed by atoms with van der Waals surface area (Å²) in [4.78, 5) is 31.2. The molecular formula is C23H17ClN2O4. The van der Waals surface area contributed by atoms with Crippen molar-refractivity contribution in [3.8, 4) is 5.75 Å². The molecule has 1 aliphatic rings. The molecule has 0 bridgehead atoms. The lowest BCUT2D eigenvalue weighted by atomic mass is 9.95. The second kappa shape index (κ2) is 8.00. The van der Waals surface area contributed by atoms with Crippen molar-refractivity contribution in [2.75, 3.05) is 0 Å². The van der Waals surface area contributed by atoms with Crippen LogP contribution < -0.4 is 0 Å². The predicted molar refractivity (Wildman–Crippen MR) is 112 cm³/mol. The summed E-state index contributed by atoms with van der Waals surface area (Å²) in [5.74, 6) is -1.74. The van der Waals surface area contributed by atoms with Gasteiger partial charge in [0.05, 0.1) is 11.6 Å². The van der Waals surface area contributed by atoms with E-state index in [0.717, 1.165) is 5.56 Å². The van der Waals surface area contributed by atoms with E-state index in [1.165, 1.54) is 23.1 Å². The number of aliphatic hydroxyl groups excluding tert-OH is 1. The van der Waals surface area contributed by atoms with Crippen molar-refractivity contribution in [1.82, 2.24) is 9.88 Å². The SMILES string of the molecule is O=C1C(=O)N(Cc2ccncc2)C(c2ccc(O)cc2)/C1=C(/O)c1cccc(Cl)c1. The normalized spacial score (nSPS) is 18.0. The number of rotatable bonds is 4. The van der Waals surface area contributed by atoms with E-state index in [1.54, 1.807) is 54.9 Å². The summed E-state index contributed by atoms with van der Waals surface area (Å²) in [5.41, 5.74) is 1.69. The maximum Gasteiger partial charge on any atom is 0.295 e. The number of pyridine rings is 1. The molecular weight excluding hydrogens is 404 g/mol. The van der Waals surface area contributed by atoms with Gasteiger partial charge in [-0.25, -0.2) is 0 Å². The van der Waals surface area contributed by atoms with E-state index in [-0.39, 0.29) is 23.6 Å². The first-order chi connectivity index (χ1) is 14.5. The number of carbonyl (C=O) groups excluding carboxylic acids is 2. The van der Waals surface area contributed by atoms with Crippen molar-refractivity contribution in [2.24, 2.45) is 0 Å². The summed E-state index contributed by atoms with van der Waals surface area (Å²) in [6, 6.07) is 15.3. The molecule has 1 unspecified atom stereocenters. The average molecular weight is 421 g/mol. The zero-order chi connectivity index (χ0) is 21.3. The zero-order valence-corrected chi connectivity index (χ0v) is 16.5. The summed E-state index contributed by atoms with van der Waals surface area (Å²) in [5, 5.41) is 21.0. The molecule has 4 rings (SSSR count). The van der Waals surface area contributed by atoms with Gasteiger partial charge < -0.3 is 15.1 Å². The molecule has 1 fully saturated rings. The number of nitrogens with zero attached hydrogens (tertiary/aromatic N) is 2. The van der Waals surface area contributed by atoms with Crippen LogP contribution in [0.2, 0.25) is 5.02 Å². The van der Waals surface area contributed by atoms with Gasteiger partial charge in [0, 0.05) is 29.5 Å². The van der Waals surface area contributed by atoms with E-state index in [2.05, 4.69) is 4.98 Å². The molecule has 1 amide bonds. The van der Waals surface area contributed by atoms with Gasteiger partial charge in [-0.3, -0.25) is 14.6 Å². The van der Waals surface area contributed by atoms with Crippen molar-refractivity contribution >= 4 is 29.1 Å². The number of phenolic OH excluding ortho intramolecular Hbond substituents is 1. The lowest BCUT2D eigenvalue weighted by Crippen LogP contribution is -2.29. The average Bonchev–Trinajstić information content (AvgIpc) is 2.99. The third-order valence-electron chi connectivity index (χ3n) is 4.95. The highest BCUT2D eigenvalue weighted by molar-refractivity contribution is 6.46. The first kappa shape index (κ1) is 19.7. The second-order valence-electron chi connectivity index (χ2n) is 6.88. The Hall–Kier alpha value is -3.64. The quantitative estimate of drug-likeness (QED) is 0.377. The van der Waals surface area contributed by atoms with Gasteiger partial charge >= 0.3 is 0 Å². The highest BCUT2D eigenvalue weighted by Gasteiger charge is 2.46. The fourth-order valence-corrected chi connectivity index (χ4v) is 3.71. The highest BCUT2D eigenvalue weighted by atomic mass is 35.5. The Bertz CT molecular complexity index is 1140. The van der Waals surface area contributed by atoms with Gasteiger partial charge in [0.15, 0.2) is 0 Å². The van der Waals surface area contributed by atoms with Crippen molar-refractivity contribution in [3.05, 3.63) is 100 Å². The molecule has 30 heavy (non-hydrogen) atoms. The molecule has 0 aliphatic carbocycles. The Kier molecular flexibility index (Phi) is 5.25. The number of aliphatic hydroxyl groups is 1. The summed E-state index contributed by atoms with van der Waals surface area (Å²) < 4.78 is 0. The molecule has 2 N–H and O–H groups in total. The summed E-state index contributed by atoms with van der Waals surface area (Å²) >= 11 is 6.04. The molecule has 0 radical (unpaired) electrons. The van der Waals surface area contributed by atoms with Crippen molar-refractivity contribution < 1.29 is 19.8 Å². The minimum absolute atomic E-state index is 0.0259. The molecule has 7 heteroatoms. The molecule has 2 aromatic carbocycles. The topological polar surface area (TPSA) is 90.7 Å². The highest BCUT2D eigenvalue weighted by Crippen LogP contribution is 2.40. The smallest absolute Gasteiger partial charge is 0.295 e. The monoisotopic (exact) mass is 420 g/mol. The first-order valence-corrected chi connectivity index (χ1v) is 9.55. The molecule has 150 valence electrons. The van der Waals surface area contributed by atoms with Crippen LogP contribution in [0.25, 0.3) is 5.76 Å². The Morgan fingerprint density at radius 1 is 1.03 bits per heavy atom. The number of aromatic nitrogens is 1. The number of Topliss-reactive ketones (excluding diaryl/α,β-unsaturated/α-hetero) is 1. The Labute approximate surface area is 177 Å². The standard InChI is InChI=1S/C23H17ClN2O4/c24-17-3-1-2-16(12-17)21(28)19-20(15-4-6-18(27)7-5-15)26(23(30)22(19)29)13-14-8-10-25-11-9-14/h1-12,20,27-28H,13H2/b21-19-. The molecule has 0 spiro atoms. The van der Waals surface area contributed by atoms with Gasteiger partial charge in [-0.05, 0) is 47.5 Å². The number of hydrogen-bond acceptors (Lipinski definition) is 5. The van der Waals surface area contributed by atoms with Crippen LogP contribution in [0.15, 0.2) is 78.6 Å². The Morgan fingerprint density at radius 2 is 1.73 bits per heavy atom. The number of phenols is 1. The molecule has 3 aromatic rings. The number of carbonyl (C=O) groups is 2. The fraction of sp³-hybridized carbons (Fsp3) is 0.0870. The largest absolute Gasteiger partial charge is 0.508 e. The molecule has 1 atom stereocenters. The van der Waals surface area contributed by atoms with Gasteiger partial charge in [-0.15, -0.1) is 0 Å². The molecule has 1 aliphatic heterocycles. The minimum Gasteiger partial charge on any atom is -0.508 e. The van der Waals surface area contributed by atoms with E-state index >= 15 is 0 Å². The van der Waals surface area contributed by atoms with Crippen molar-refractivity contribution in [3.63, 3.8) is 0 Å². The predicted octanol–water partition coefficient (Wildman–Crippen LogP) is 4.06. The number of amides is 1. The first-order valence-electron chi connectivity index (χ1n) is 9.18. The molecule has 6 nitrogen and oxygen atoms in total.